The van der Waals surface area contributed by atoms with Gasteiger partial charge in [0.2, 0.25) is 5.91 Å². The second-order valence-corrected chi connectivity index (χ2v) is 8.97. The number of nitrogens with zero attached hydrogens (tertiary/aromatic N) is 3. The van der Waals surface area contributed by atoms with E-state index in [1.807, 2.05) is 17.5 Å². The Bertz CT molecular complexity index is 725. The standard InChI is InChI=1S/C19H26N4O2S2/c1-13(2)9-10-23(19(25)15-12-27-22-21-15)17(16-8-5-11-26-16)18(24)20-14-6-3-4-7-14/h5,8,11-14,17H,3-4,6-7,9-10H2,1-2H3,(H,20,24)/t17-/m0/s1. The molecule has 2 heterocycles. The summed E-state index contributed by atoms with van der Waals surface area (Å²) in [6.07, 6.45) is 5.14. The highest BCUT2D eigenvalue weighted by Gasteiger charge is 2.34. The molecule has 1 aliphatic carbocycles. The number of hydrogen-bond acceptors (Lipinski definition) is 6. The quantitative estimate of drug-likeness (QED) is 0.722. The number of thiophene rings is 1. The molecule has 0 aliphatic heterocycles. The van der Waals surface area contributed by atoms with Gasteiger partial charge in [0.25, 0.3) is 5.91 Å². The van der Waals surface area contributed by atoms with Crippen LogP contribution in [-0.4, -0.2) is 38.9 Å². The first-order valence-corrected chi connectivity index (χ1v) is 11.2. The molecule has 2 amide bonds. The summed E-state index contributed by atoms with van der Waals surface area (Å²) in [5.41, 5.74) is 0.305. The lowest BCUT2D eigenvalue weighted by Crippen LogP contribution is -2.46. The smallest absolute Gasteiger partial charge is 0.276 e. The van der Waals surface area contributed by atoms with Gasteiger partial charge in [-0.3, -0.25) is 9.59 Å². The van der Waals surface area contributed by atoms with Crippen LogP contribution in [0.3, 0.4) is 0 Å². The zero-order valence-electron chi connectivity index (χ0n) is 15.8. The van der Waals surface area contributed by atoms with E-state index in [4.69, 9.17) is 0 Å². The largest absolute Gasteiger partial charge is 0.351 e. The maximum Gasteiger partial charge on any atom is 0.276 e. The zero-order valence-corrected chi connectivity index (χ0v) is 17.4. The van der Waals surface area contributed by atoms with Gasteiger partial charge in [-0.1, -0.05) is 37.2 Å². The maximum absolute atomic E-state index is 13.2. The topological polar surface area (TPSA) is 75.2 Å². The Morgan fingerprint density at radius 3 is 2.70 bits per heavy atom. The summed E-state index contributed by atoms with van der Waals surface area (Å²) in [6.45, 7) is 4.74. The van der Waals surface area contributed by atoms with Crippen LogP contribution in [0.5, 0.6) is 0 Å². The molecule has 1 aliphatic rings. The minimum atomic E-state index is -0.626. The van der Waals surface area contributed by atoms with Crippen LogP contribution >= 0.6 is 22.9 Å². The van der Waals surface area contributed by atoms with Crippen molar-refractivity contribution in [1.29, 1.82) is 0 Å². The van der Waals surface area contributed by atoms with E-state index >= 15 is 0 Å². The number of nitrogens with one attached hydrogen (secondary N) is 1. The summed E-state index contributed by atoms with van der Waals surface area (Å²) >= 11 is 2.65. The molecule has 0 unspecified atom stereocenters. The third-order valence-electron chi connectivity index (χ3n) is 4.86. The average Bonchev–Trinajstić information content (AvgIpc) is 3.40. The van der Waals surface area contributed by atoms with Crippen LogP contribution in [0.4, 0.5) is 0 Å². The summed E-state index contributed by atoms with van der Waals surface area (Å²) in [4.78, 5) is 28.9. The number of carbonyl (C=O) groups is 2. The molecule has 0 radical (unpaired) electrons. The fourth-order valence-electron chi connectivity index (χ4n) is 3.37. The monoisotopic (exact) mass is 406 g/mol. The highest BCUT2D eigenvalue weighted by Crippen LogP contribution is 2.29. The highest BCUT2D eigenvalue weighted by molar-refractivity contribution is 7.10. The van der Waals surface area contributed by atoms with Crippen molar-refractivity contribution in [2.24, 2.45) is 5.92 Å². The van der Waals surface area contributed by atoms with Gasteiger partial charge in [0.15, 0.2) is 5.69 Å². The molecule has 27 heavy (non-hydrogen) atoms. The minimum absolute atomic E-state index is 0.0929. The molecule has 146 valence electrons. The Hall–Kier alpha value is -1.80. The van der Waals surface area contributed by atoms with Gasteiger partial charge in [-0.2, -0.15) is 0 Å². The average molecular weight is 407 g/mol. The minimum Gasteiger partial charge on any atom is -0.351 e. The third kappa shape index (κ3) is 5.13. The van der Waals surface area contributed by atoms with E-state index in [9.17, 15) is 9.59 Å². The van der Waals surface area contributed by atoms with E-state index in [0.717, 1.165) is 48.5 Å². The normalized spacial score (nSPS) is 15.8. The lowest BCUT2D eigenvalue weighted by Gasteiger charge is -2.31. The second-order valence-electron chi connectivity index (χ2n) is 7.38. The van der Waals surface area contributed by atoms with Crippen molar-refractivity contribution in [3.63, 3.8) is 0 Å². The number of carbonyl (C=O) groups excluding carboxylic acids is 2. The summed E-state index contributed by atoms with van der Waals surface area (Å²) in [6, 6.07) is 3.44. The number of hydrogen-bond donors (Lipinski definition) is 1. The molecular weight excluding hydrogens is 380 g/mol. The van der Waals surface area contributed by atoms with E-state index in [1.54, 1.807) is 10.3 Å². The van der Waals surface area contributed by atoms with Crippen molar-refractivity contribution in [2.75, 3.05) is 6.54 Å². The molecule has 6 nitrogen and oxygen atoms in total. The van der Waals surface area contributed by atoms with Crippen molar-refractivity contribution < 1.29 is 9.59 Å². The fourth-order valence-corrected chi connectivity index (χ4v) is 4.64. The zero-order chi connectivity index (χ0) is 19.2. The number of amides is 2. The third-order valence-corrected chi connectivity index (χ3v) is 6.29. The molecule has 0 bridgehead atoms. The molecule has 3 rings (SSSR count). The van der Waals surface area contributed by atoms with Gasteiger partial charge in [-0.15, -0.1) is 16.4 Å². The molecule has 1 atom stereocenters. The molecule has 8 heteroatoms. The first-order valence-electron chi connectivity index (χ1n) is 9.48. The molecule has 0 saturated heterocycles. The lowest BCUT2D eigenvalue weighted by atomic mass is 10.1. The molecule has 0 aromatic carbocycles. The Balaban J connectivity index is 1.88. The van der Waals surface area contributed by atoms with Crippen molar-refractivity contribution in [1.82, 2.24) is 19.8 Å². The number of rotatable bonds is 8. The number of aromatic nitrogens is 2. The van der Waals surface area contributed by atoms with Crippen LogP contribution in [-0.2, 0) is 4.79 Å². The van der Waals surface area contributed by atoms with Crippen molar-refractivity contribution in [3.8, 4) is 0 Å². The lowest BCUT2D eigenvalue weighted by molar-refractivity contribution is -0.126. The van der Waals surface area contributed by atoms with Gasteiger partial charge in [0.05, 0.1) is 0 Å². The predicted molar refractivity (Wildman–Crippen MR) is 108 cm³/mol. The van der Waals surface area contributed by atoms with E-state index in [-0.39, 0.29) is 17.9 Å². The molecule has 1 fully saturated rings. The fraction of sp³-hybridized carbons (Fsp3) is 0.579. The van der Waals surface area contributed by atoms with Crippen LogP contribution in [0.2, 0.25) is 0 Å². The maximum atomic E-state index is 13.2. The Kier molecular flexibility index (Phi) is 6.95. The van der Waals surface area contributed by atoms with Crippen LogP contribution in [0.1, 0.15) is 67.4 Å². The first kappa shape index (κ1) is 19.9. The summed E-state index contributed by atoms with van der Waals surface area (Å²) in [5.74, 6) is 0.102. The molecular formula is C19H26N4O2S2. The first-order chi connectivity index (χ1) is 13.1. The van der Waals surface area contributed by atoms with Gasteiger partial charge in [-0.05, 0) is 48.2 Å². The van der Waals surface area contributed by atoms with E-state index in [1.165, 1.54) is 11.3 Å². The Morgan fingerprint density at radius 2 is 2.11 bits per heavy atom. The predicted octanol–water partition coefficient (Wildman–Crippen LogP) is 3.89. The van der Waals surface area contributed by atoms with Gasteiger partial charge < -0.3 is 10.2 Å². The van der Waals surface area contributed by atoms with E-state index < -0.39 is 6.04 Å². The molecule has 1 N–H and O–H groups in total. The SMILES string of the molecule is CC(C)CCN(C(=O)c1csnn1)[C@H](C(=O)NC1CCCC1)c1cccs1. The van der Waals surface area contributed by atoms with Crippen LogP contribution in [0.25, 0.3) is 0 Å². The summed E-state index contributed by atoms with van der Waals surface area (Å²) in [7, 11) is 0. The van der Waals surface area contributed by atoms with Crippen molar-refractivity contribution in [3.05, 3.63) is 33.5 Å². The summed E-state index contributed by atoms with van der Waals surface area (Å²) in [5, 5.41) is 10.7. The van der Waals surface area contributed by atoms with Gasteiger partial charge in [0.1, 0.15) is 6.04 Å². The molecule has 0 spiro atoms. The van der Waals surface area contributed by atoms with E-state index in [0.29, 0.717) is 18.2 Å². The summed E-state index contributed by atoms with van der Waals surface area (Å²) < 4.78 is 3.82. The molecule has 1 saturated carbocycles. The Labute approximate surface area is 168 Å². The van der Waals surface area contributed by atoms with Gasteiger partial charge in [0, 0.05) is 22.8 Å². The highest BCUT2D eigenvalue weighted by atomic mass is 32.1. The Morgan fingerprint density at radius 1 is 1.33 bits per heavy atom. The molecule has 2 aromatic heterocycles. The van der Waals surface area contributed by atoms with Crippen molar-refractivity contribution in [2.45, 2.75) is 58.0 Å². The van der Waals surface area contributed by atoms with E-state index in [2.05, 4.69) is 28.8 Å². The van der Waals surface area contributed by atoms with Crippen molar-refractivity contribution >= 4 is 34.7 Å². The molecule has 2 aromatic rings. The van der Waals surface area contributed by atoms with Crippen LogP contribution < -0.4 is 5.32 Å². The van der Waals surface area contributed by atoms with Crippen LogP contribution in [0, 0.1) is 5.92 Å². The van der Waals surface area contributed by atoms with Gasteiger partial charge in [-0.25, -0.2) is 0 Å². The second kappa shape index (κ2) is 9.41. The van der Waals surface area contributed by atoms with Crippen LogP contribution in [0.15, 0.2) is 22.9 Å². The van der Waals surface area contributed by atoms with Gasteiger partial charge >= 0.3 is 0 Å².